The van der Waals surface area contributed by atoms with Crippen molar-refractivity contribution >= 4 is 5.91 Å². The number of nitrogens with two attached hydrogens (primary N) is 1. The first kappa shape index (κ1) is 14.5. The number of nitrogens with zero attached hydrogens (tertiary/aromatic N) is 1. The minimum absolute atomic E-state index is 0.222. The average Bonchev–Trinajstić information content (AvgIpc) is 2.39. The van der Waals surface area contributed by atoms with Gasteiger partial charge >= 0.3 is 0 Å². The van der Waals surface area contributed by atoms with Gasteiger partial charge in [-0.3, -0.25) is 4.79 Å². The molecule has 1 saturated heterocycles. The van der Waals surface area contributed by atoms with E-state index >= 15 is 0 Å². The lowest BCUT2D eigenvalue weighted by molar-refractivity contribution is -0.149. The Balaban J connectivity index is 2.82. The second-order valence-electron chi connectivity index (χ2n) is 4.95. The van der Waals surface area contributed by atoms with E-state index in [0.717, 1.165) is 25.8 Å². The third kappa shape index (κ3) is 2.99. The fourth-order valence-electron chi connectivity index (χ4n) is 2.45. The van der Waals surface area contributed by atoms with Crippen molar-refractivity contribution < 1.29 is 9.53 Å². The first-order valence-corrected chi connectivity index (χ1v) is 6.70. The van der Waals surface area contributed by atoms with E-state index in [1.807, 2.05) is 11.8 Å². The predicted molar refractivity (Wildman–Crippen MR) is 68.7 cm³/mol. The zero-order valence-electron chi connectivity index (χ0n) is 11.4. The van der Waals surface area contributed by atoms with Crippen LogP contribution in [0, 0.1) is 5.41 Å². The SMILES string of the molecule is CCC(C)N(CC)C(=O)C1(CN)CCOCC1. The molecule has 4 heteroatoms. The van der Waals surface area contributed by atoms with Gasteiger partial charge in [0.2, 0.25) is 5.91 Å². The molecule has 0 spiro atoms. The highest BCUT2D eigenvalue weighted by Gasteiger charge is 2.41. The Bertz CT molecular complexity index is 250. The molecule has 1 heterocycles. The Morgan fingerprint density at radius 1 is 1.41 bits per heavy atom. The van der Waals surface area contributed by atoms with Crippen LogP contribution in [0.3, 0.4) is 0 Å². The summed E-state index contributed by atoms with van der Waals surface area (Å²) in [6.45, 7) is 8.75. The van der Waals surface area contributed by atoms with Gasteiger partial charge in [0.15, 0.2) is 0 Å². The molecule has 1 aliphatic rings. The molecule has 1 aliphatic heterocycles. The quantitative estimate of drug-likeness (QED) is 0.792. The molecule has 0 aromatic carbocycles. The minimum atomic E-state index is -0.377. The molecule has 4 nitrogen and oxygen atoms in total. The second-order valence-corrected chi connectivity index (χ2v) is 4.95. The fourth-order valence-corrected chi connectivity index (χ4v) is 2.45. The van der Waals surface area contributed by atoms with Crippen molar-refractivity contribution in [2.75, 3.05) is 26.3 Å². The number of carbonyl (C=O) groups excluding carboxylic acids is 1. The van der Waals surface area contributed by atoms with Crippen LogP contribution >= 0.6 is 0 Å². The van der Waals surface area contributed by atoms with Crippen LogP contribution in [0.5, 0.6) is 0 Å². The Hall–Kier alpha value is -0.610. The predicted octanol–water partition coefficient (Wildman–Crippen LogP) is 1.39. The molecule has 0 aromatic rings. The van der Waals surface area contributed by atoms with Gasteiger partial charge in [-0.2, -0.15) is 0 Å². The van der Waals surface area contributed by atoms with Gasteiger partial charge in [0.1, 0.15) is 0 Å². The standard InChI is InChI=1S/C13H26N2O2/c1-4-11(3)15(5-2)12(16)13(10-14)6-8-17-9-7-13/h11H,4-10,14H2,1-3H3. The van der Waals surface area contributed by atoms with Crippen molar-refractivity contribution in [1.82, 2.24) is 4.90 Å². The van der Waals surface area contributed by atoms with Crippen molar-refractivity contribution in [1.29, 1.82) is 0 Å². The lowest BCUT2D eigenvalue weighted by Gasteiger charge is -2.40. The summed E-state index contributed by atoms with van der Waals surface area (Å²) in [5, 5.41) is 0. The summed E-state index contributed by atoms with van der Waals surface area (Å²) in [5.74, 6) is 0.222. The molecule has 1 atom stereocenters. The summed E-state index contributed by atoms with van der Waals surface area (Å²) in [6.07, 6.45) is 2.50. The molecule has 0 bridgehead atoms. The summed E-state index contributed by atoms with van der Waals surface area (Å²) >= 11 is 0. The summed E-state index contributed by atoms with van der Waals surface area (Å²) in [7, 11) is 0. The summed E-state index contributed by atoms with van der Waals surface area (Å²) in [6, 6.07) is 0.291. The summed E-state index contributed by atoms with van der Waals surface area (Å²) < 4.78 is 5.35. The molecule has 2 N–H and O–H groups in total. The lowest BCUT2D eigenvalue weighted by Crippen LogP contribution is -2.53. The van der Waals surface area contributed by atoms with Gasteiger partial charge < -0.3 is 15.4 Å². The topological polar surface area (TPSA) is 55.6 Å². The third-order valence-electron chi connectivity index (χ3n) is 4.02. The zero-order valence-corrected chi connectivity index (χ0v) is 11.4. The number of rotatable bonds is 5. The molecule has 1 amide bonds. The van der Waals surface area contributed by atoms with E-state index < -0.39 is 0 Å². The summed E-state index contributed by atoms with van der Waals surface area (Å²) in [4.78, 5) is 14.6. The van der Waals surface area contributed by atoms with Gasteiger partial charge in [0.05, 0.1) is 5.41 Å². The number of amides is 1. The molecular formula is C13H26N2O2. The van der Waals surface area contributed by atoms with Crippen molar-refractivity contribution in [2.24, 2.45) is 11.1 Å². The van der Waals surface area contributed by atoms with Crippen molar-refractivity contribution in [2.45, 2.75) is 46.1 Å². The second kappa shape index (κ2) is 6.36. The van der Waals surface area contributed by atoms with Crippen LogP contribution in [0.1, 0.15) is 40.0 Å². The molecule has 100 valence electrons. The summed E-state index contributed by atoms with van der Waals surface area (Å²) in [5.41, 5.74) is 5.49. The Kier molecular flexibility index (Phi) is 5.40. The molecular weight excluding hydrogens is 216 g/mol. The van der Waals surface area contributed by atoms with Gasteiger partial charge in [-0.05, 0) is 33.1 Å². The van der Waals surface area contributed by atoms with Gasteiger partial charge in [0, 0.05) is 32.3 Å². The number of hydrogen-bond acceptors (Lipinski definition) is 3. The Labute approximate surface area is 104 Å². The molecule has 1 fully saturated rings. The maximum atomic E-state index is 12.7. The molecule has 1 unspecified atom stereocenters. The van der Waals surface area contributed by atoms with E-state index in [1.54, 1.807) is 0 Å². The fraction of sp³-hybridized carbons (Fsp3) is 0.923. The van der Waals surface area contributed by atoms with Crippen LogP contribution in [-0.2, 0) is 9.53 Å². The smallest absolute Gasteiger partial charge is 0.230 e. The Morgan fingerprint density at radius 2 is 2.00 bits per heavy atom. The van der Waals surface area contributed by atoms with Crippen LogP contribution in [0.25, 0.3) is 0 Å². The molecule has 17 heavy (non-hydrogen) atoms. The van der Waals surface area contributed by atoms with Crippen LogP contribution in [0.4, 0.5) is 0 Å². The van der Waals surface area contributed by atoms with Crippen molar-refractivity contribution in [3.63, 3.8) is 0 Å². The van der Waals surface area contributed by atoms with E-state index in [4.69, 9.17) is 10.5 Å². The highest BCUT2D eigenvalue weighted by molar-refractivity contribution is 5.83. The van der Waals surface area contributed by atoms with E-state index in [-0.39, 0.29) is 11.3 Å². The third-order valence-corrected chi connectivity index (χ3v) is 4.02. The molecule has 0 aromatic heterocycles. The van der Waals surface area contributed by atoms with Gasteiger partial charge in [-0.1, -0.05) is 6.92 Å². The largest absolute Gasteiger partial charge is 0.381 e. The van der Waals surface area contributed by atoms with Gasteiger partial charge in [-0.15, -0.1) is 0 Å². The molecule has 1 rings (SSSR count). The zero-order chi connectivity index (χ0) is 12.9. The van der Waals surface area contributed by atoms with E-state index in [2.05, 4.69) is 13.8 Å². The average molecular weight is 242 g/mol. The van der Waals surface area contributed by atoms with E-state index in [1.165, 1.54) is 0 Å². The molecule has 0 saturated carbocycles. The van der Waals surface area contributed by atoms with Crippen LogP contribution in [-0.4, -0.2) is 43.2 Å². The van der Waals surface area contributed by atoms with Gasteiger partial charge in [-0.25, -0.2) is 0 Å². The molecule has 0 radical (unpaired) electrons. The Morgan fingerprint density at radius 3 is 2.41 bits per heavy atom. The first-order chi connectivity index (χ1) is 8.11. The maximum Gasteiger partial charge on any atom is 0.230 e. The van der Waals surface area contributed by atoms with E-state index in [0.29, 0.717) is 25.8 Å². The maximum absolute atomic E-state index is 12.7. The van der Waals surface area contributed by atoms with Crippen molar-refractivity contribution in [3.8, 4) is 0 Å². The van der Waals surface area contributed by atoms with Crippen LogP contribution < -0.4 is 5.73 Å². The van der Waals surface area contributed by atoms with E-state index in [9.17, 15) is 4.79 Å². The highest BCUT2D eigenvalue weighted by atomic mass is 16.5. The number of carbonyl (C=O) groups is 1. The van der Waals surface area contributed by atoms with Crippen molar-refractivity contribution in [3.05, 3.63) is 0 Å². The van der Waals surface area contributed by atoms with Gasteiger partial charge in [0.25, 0.3) is 0 Å². The highest BCUT2D eigenvalue weighted by Crippen LogP contribution is 2.32. The lowest BCUT2D eigenvalue weighted by atomic mass is 9.78. The van der Waals surface area contributed by atoms with Crippen LogP contribution in [0.15, 0.2) is 0 Å². The first-order valence-electron chi connectivity index (χ1n) is 6.70. The minimum Gasteiger partial charge on any atom is -0.381 e. The number of hydrogen-bond donors (Lipinski definition) is 1. The van der Waals surface area contributed by atoms with Crippen LogP contribution in [0.2, 0.25) is 0 Å². The normalized spacial score (nSPS) is 20.9. The molecule has 0 aliphatic carbocycles. The number of ether oxygens (including phenoxy) is 1. The monoisotopic (exact) mass is 242 g/mol.